The molecule has 3 aromatic rings. The number of hydrogen-bond acceptors (Lipinski definition) is 3. The van der Waals surface area contributed by atoms with E-state index in [1.807, 2.05) is 52.0 Å². The molecule has 5 heterocycles. The standard InChI is InChI=1S/C34H34N4O4S.Fe/c1-7-21-17(3)24-13-25-18(4)22(9-11-32(39)40)29(36-25)15-30-23(10-12-33(41)42)19(5)26(37-30)16-31-34(43,8-2)20(6)27(38-31)14-28(21)35-24;/h7-8,13-16,31,43H,1-2,9-12H2,3-6H3,(H,39,40)(H,41,42);/q-4;+4/b24-13-,26-16-,28-14-,30-15-;/t31?,34-;/m0./s1. The topological polar surface area (TPSA) is 131 Å². The van der Waals surface area contributed by atoms with Gasteiger partial charge in [-0.2, -0.15) is 12.6 Å². The molecule has 2 N–H and O–H groups in total. The van der Waals surface area contributed by atoms with E-state index < -0.39 is 22.7 Å². The Labute approximate surface area is 272 Å². The van der Waals surface area contributed by atoms with Crippen LogP contribution in [0.25, 0.3) is 35.7 Å². The molecule has 0 radical (unpaired) electrons. The van der Waals surface area contributed by atoms with Gasteiger partial charge in [-0.25, -0.2) is 0 Å². The second kappa shape index (κ2) is 12.6. The van der Waals surface area contributed by atoms with Crippen LogP contribution in [0.4, 0.5) is 0 Å². The Balaban J connectivity index is 0.00000442. The number of rotatable bonds is 8. The van der Waals surface area contributed by atoms with Crippen molar-refractivity contribution in [3.05, 3.63) is 102 Å². The molecule has 2 atom stereocenters. The molecule has 0 saturated heterocycles. The van der Waals surface area contributed by atoms with Gasteiger partial charge in [-0.05, 0) is 46.1 Å². The SMILES string of the molecule is C=Cc1c(C)/c2[n-]/c1=C\C1=C(C)[C@@](S)(C=C)C(/C=c3\[n-]/c(c(CCC(=O)O)c3C)=C\c3[n-]c(c(C)c3CCC(=O)O)\C=2)[N-]1.[Fe+4]. The van der Waals surface area contributed by atoms with Gasteiger partial charge in [0.15, 0.2) is 0 Å². The first-order chi connectivity index (χ1) is 20.4. The molecule has 0 fully saturated rings. The molecule has 0 spiro atoms. The summed E-state index contributed by atoms with van der Waals surface area (Å²) in [6.45, 7) is 15.9. The third-order valence-corrected chi connectivity index (χ3v) is 9.40. The normalized spacial score (nSPS) is 21.7. The Bertz CT molecular complexity index is 1980. The van der Waals surface area contributed by atoms with Crippen LogP contribution in [0.15, 0.2) is 30.5 Å². The smallest absolute Gasteiger partial charge is 0.677 e. The average Bonchev–Trinajstić information content (AvgIpc) is 3.59. The van der Waals surface area contributed by atoms with Gasteiger partial charge in [0, 0.05) is 17.6 Å². The van der Waals surface area contributed by atoms with Crippen LogP contribution < -0.4 is 36.3 Å². The number of nitrogens with zero attached hydrogens (tertiary/aromatic N) is 4. The predicted molar refractivity (Wildman–Crippen MR) is 172 cm³/mol. The first-order valence-electron chi connectivity index (χ1n) is 14.1. The van der Waals surface area contributed by atoms with Gasteiger partial charge < -0.3 is 30.5 Å². The zero-order valence-electron chi connectivity index (χ0n) is 25.1. The Morgan fingerprint density at radius 2 is 1.45 bits per heavy atom. The molecule has 5 rings (SSSR count). The largest absolute Gasteiger partial charge is 4.00 e. The van der Waals surface area contributed by atoms with Crippen molar-refractivity contribution in [2.75, 3.05) is 0 Å². The number of thiol groups is 1. The van der Waals surface area contributed by atoms with Crippen LogP contribution >= 0.6 is 12.6 Å². The van der Waals surface area contributed by atoms with Crippen LogP contribution in [0.2, 0.25) is 0 Å². The van der Waals surface area contributed by atoms with Crippen molar-refractivity contribution >= 4 is 54.9 Å². The molecule has 0 amide bonds. The average molecular weight is 651 g/mol. The maximum Gasteiger partial charge on any atom is 4.00 e. The van der Waals surface area contributed by atoms with Crippen molar-refractivity contribution in [3.63, 3.8) is 0 Å². The van der Waals surface area contributed by atoms with Crippen LogP contribution in [0.3, 0.4) is 0 Å². The number of hydrogen-bond donors (Lipinski definition) is 3. The van der Waals surface area contributed by atoms with E-state index in [9.17, 15) is 19.8 Å². The van der Waals surface area contributed by atoms with Gasteiger partial charge in [0.1, 0.15) is 0 Å². The molecule has 2 aliphatic heterocycles. The fourth-order valence-electron chi connectivity index (χ4n) is 5.90. The molecule has 0 aromatic carbocycles. The summed E-state index contributed by atoms with van der Waals surface area (Å²) in [7, 11) is 0. The minimum Gasteiger partial charge on any atom is -0.677 e. The molecule has 8 bridgehead atoms. The molecule has 44 heavy (non-hydrogen) atoms. The summed E-state index contributed by atoms with van der Waals surface area (Å²) >= 11 is 5.05. The Morgan fingerprint density at radius 3 is 2.07 bits per heavy atom. The molecule has 2 aliphatic rings. The maximum absolute atomic E-state index is 11.6. The summed E-state index contributed by atoms with van der Waals surface area (Å²) in [5.41, 5.74) is 8.15. The molecule has 3 aromatic heterocycles. The van der Waals surface area contributed by atoms with E-state index >= 15 is 0 Å². The summed E-state index contributed by atoms with van der Waals surface area (Å²) in [6.07, 6.45) is 11.7. The van der Waals surface area contributed by atoms with Crippen LogP contribution in [0.1, 0.15) is 64.5 Å². The van der Waals surface area contributed by atoms with Crippen molar-refractivity contribution in [1.82, 2.24) is 15.0 Å². The zero-order chi connectivity index (χ0) is 31.2. The minimum absolute atomic E-state index is 0. The molecule has 8 nitrogen and oxygen atoms in total. The monoisotopic (exact) mass is 650 g/mol. The van der Waals surface area contributed by atoms with Crippen LogP contribution in [0, 0.1) is 20.8 Å². The van der Waals surface area contributed by atoms with E-state index in [4.69, 9.17) is 32.9 Å². The Kier molecular flexibility index (Phi) is 9.49. The third-order valence-electron chi connectivity index (χ3n) is 8.62. The molecule has 0 aliphatic carbocycles. The van der Waals surface area contributed by atoms with Gasteiger partial charge in [-0.1, -0.05) is 76.4 Å². The van der Waals surface area contributed by atoms with Gasteiger partial charge in [0.05, 0.1) is 0 Å². The summed E-state index contributed by atoms with van der Waals surface area (Å²) in [4.78, 5) is 37.9. The maximum atomic E-state index is 11.6. The Morgan fingerprint density at radius 1 is 0.841 bits per heavy atom. The summed E-state index contributed by atoms with van der Waals surface area (Å²) < 4.78 is -0.774. The van der Waals surface area contributed by atoms with Crippen LogP contribution in [-0.4, -0.2) is 32.9 Å². The molecular formula is C34H34FeN4O4S. The molecule has 1 unspecified atom stereocenters. The predicted octanol–water partition coefficient (Wildman–Crippen LogP) is 2.28. The number of carbonyl (C=O) groups is 2. The van der Waals surface area contributed by atoms with Gasteiger partial charge in [-0.3, -0.25) is 9.59 Å². The second-order valence-corrected chi connectivity index (χ2v) is 11.8. The van der Waals surface area contributed by atoms with E-state index in [-0.39, 0.29) is 42.8 Å². The first kappa shape index (κ1) is 33.1. The van der Waals surface area contributed by atoms with Crippen molar-refractivity contribution < 1.29 is 36.9 Å². The van der Waals surface area contributed by atoms with E-state index in [0.29, 0.717) is 22.1 Å². The van der Waals surface area contributed by atoms with Crippen molar-refractivity contribution in [1.29, 1.82) is 0 Å². The number of allylic oxidation sites excluding steroid dienone is 1. The van der Waals surface area contributed by atoms with E-state index in [0.717, 1.165) is 55.3 Å². The number of aromatic nitrogens is 3. The van der Waals surface area contributed by atoms with Crippen molar-refractivity contribution in [3.8, 4) is 0 Å². The summed E-state index contributed by atoms with van der Waals surface area (Å²) in [5, 5.41) is 26.7. The zero-order valence-corrected chi connectivity index (χ0v) is 27.1. The second-order valence-electron chi connectivity index (χ2n) is 11.1. The van der Waals surface area contributed by atoms with Gasteiger partial charge in [0.25, 0.3) is 0 Å². The summed E-state index contributed by atoms with van der Waals surface area (Å²) in [5.74, 6) is -1.80. The van der Waals surface area contributed by atoms with Crippen molar-refractivity contribution in [2.24, 2.45) is 0 Å². The molecular weight excluding hydrogens is 616 g/mol. The van der Waals surface area contributed by atoms with E-state index in [2.05, 4.69) is 13.2 Å². The number of carboxylic acid groups (broad SMARTS) is 2. The first-order valence-corrected chi connectivity index (χ1v) is 14.6. The Hall–Kier alpha value is -3.85. The quantitative estimate of drug-likeness (QED) is 0.194. The van der Waals surface area contributed by atoms with E-state index in [1.165, 1.54) is 0 Å². The van der Waals surface area contributed by atoms with Gasteiger partial charge in [-0.15, -0.1) is 51.1 Å². The molecule has 228 valence electrons. The minimum atomic E-state index is -0.903. The number of carboxylic acids is 2. The number of aliphatic carboxylic acids is 2. The fraction of sp³-hybridized carbons (Fsp3) is 0.294. The van der Waals surface area contributed by atoms with Crippen LogP contribution in [0.5, 0.6) is 0 Å². The van der Waals surface area contributed by atoms with E-state index in [1.54, 1.807) is 12.2 Å². The summed E-state index contributed by atoms with van der Waals surface area (Å²) in [6, 6.07) is -0.424. The van der Waals surface area contributed by atoms with Crippen molar-refractivity contribution in [2.45, 2.75) is 64.2 Å². The van der Waals surface area contributed by atoms with Crippen LogP contribution in [-0.2, 0) is 39.5 Å². The number of fused-ring (bicyclic) bond motifs is 8. The third kappa shape index (κ3) is 5.82. The molecule has 0 saturated carbocycles. The molecule has 10 heteroatoms. The fourth-order valence-corrected chi connectivity index (χ4v) is 6.14. The van der Waals surface area contributed by atoms with Gasteiger partial charge in [0.2, 0.25) is 0 Å². The van der Waals surface area contributed by atoms with Gasteiger partial charge >= 0.3 is 29.0 Å².